The van der Waals surface area contributed by atoms with E-state index >= 15 is 0 Å². The third kappa shape index (κ3) is 6.15. The largest absolute Gasteiger partial charge is 0.466 e. The van der Waals surface area contributed by atoms with Crippen molar-refractivity contribution in [3.05, 3.63) is 0 Å². The van der Waals surface area contributed by atoms with Crippen molar-refractivity contribution in [2.24, 2.45) is 0 Å². The van der Waals surface area contributed by atoms with Gasteiger partial charge in [-0.15, -0.1) is 0 Å². The Hall–Kier alpha value is -0.900. The molecule has 1 aliphatic rings. The topological polar surface area (TPSA) is 46.6 Å². The van der Waals surface area contributed by atoms with Crippen LogP contribution in [0.5, 0.6) is 0 Å². The Morgan fingerprint density at radius 3 is 2.50 bits per heavy atom. The molecule has 4 nitrogen and oxygen atoms in total. The number of unbranched alkanes of at least 4 members (excludes halogenated alkanes) is 1. The lowest BCUT2D eigenvalue weighted by Gasteiger charge is -2.20. The van der Waals surface area contributed by atoms with Crippen molar-refractivity contribution in [1.29, 1.82) is 0 Å². The van der Waals surface area contributed by atoms with Gasteiger partial charge in [-0.25, -0.2) is 0 Å². The van der Waals surface area contributed by atoms with Gasteiger partial charge in [-0.2, -0.15) is 0 Å². The monoisotopic (exact) mass is 255 g/mol. The summed E-state index contributed by atoms with van der Waals surface area (Å²) in [5.74, 6) is -0.108. The third-order valence-electron chi connectivity index (χ3n) is 3.15. The SMILES string of the molecule is CCCCN(CC(=O)CCC(=O)OCC)C1CC1. The minimum absolute atomic E-state index is 0.158. The van der Waals surface area contributed by atoms with Crippen molar-refractivity contribution in [1.82, 2.24) is 4.90 Å². The molecule has 0 heterocycles. The first-order valence-electron chi connectivity index (χ1n) is 7.08. The van der Waals surface area contributed by atoms with E-state index in [4.69, 9.17) is 4.74 Å². The van der Waals surface area contributed by atoms with E-state index in [0.29, 0.717) is 25.6 Å². The van der Waals surface area contributed by atoms with Crippen LogP contribution in [-0.2, 0) is 14.3 Å². The molecule has 0 radical (unpaired) electrons. The molecule has 18 heavy (non-hydrogen) atoms. The molecule has 1 saturated carbocycles. The van der Waals surface area contributed by atoms with Crippen LogP contribution in [0.15, 0.2) is 0 Å². The van der Waals surface area contributed by atoms with Gasteiger partial charge in [0.15, 0.2) is 0 Å². The molecular formula is C14H25NO3. The fourth-order valence-electron chi connectivity index (χ4n) is 1.97. The zero-order valence-corrected chi connectivity index (χ0v) is 11.6. The zero-order chi connectivity index (χ0) is 13.4. The summed E-state index contributed by atoms with van der Waals surface area (Å²) >= 11 is 0. The van der Waals surface area contributed by atoms with Gasteiger partial charge in [-0.05, 0) is 32.7 Å². The highest BCUT2D eigenvalue weighted by atomic mass is 16.5. The Morgan fingerprint density at radius 1 is 1.22 bits per heavy atom. The van der Waals surface area contributed by atoms with Crippen molar-refractivity contribution in [2.45, 2.75) is 58.4 Å². The van der Waals surface area contributed by atoms with Gasteiger partial charge in [0, 0.05) is 12.5 Å². The summed E-state index contributed by atoms with van der Waals surface area (Å²) in [6.07, 6.45) is 5.26. The summed E-state index contributed by atoms with van der Waals surface area (Å²) in [6.45, 7) is 5.83. The van der Waals surface area contributed by atoms with Gasteiger partial charge in [-0.1, -0.05) is 13.3 Å². The van der Waals surface area contributed by atoms with Crippen LogP contribution in [0.4, 0.5) is 0 Å². The van der Waals surface area contributed by atoms with Crippen molar-refractivity contribution < 1.29 is 14.3 Å². The molecule has 1 fully saturated rings. The molecule has 0 spiro atoms. The normalized spacial score (nSPS) is 14.8. The lowest BCUT2D eigenvalue weighted by molar-refractivity contribution is -0.144. The molecule has 0 bridgehead atoms. The first-order chi connectivity index (χ1) is 8.67. The van der Waals surface area contributed by atoms with Crippen LogP contribution in [0.1, 0.15) is 52.4 Å². The number of rotatable bonds is 10. The summed E-state index contributed by atoms with van der Waals surface area (Å²) in [6, 6.07) is 0.614. The Balaban J connectivity index is 2.21. The van der Waals surface area contributed by atoms with E-state index in [9.17, 15) is 9.59 Å². The average Bonchev–Trinajstić information content (AvgIpc) is 3.16. The van der Waals surface area contributed by atoms with Crippen molar-refractivity contribution in [3.8, 4) is 0 Å². The molecule has 0 amide bonds. The number of ether oxygens (including phenoxy) is 1. The molecule has 0 aromatic rings. The number of ketones is 1. The second-order valence-electron chi connectivity index (χ2n) is 4.90. The van der Waals surface area contributed by atoms with E-state index in [1.54, 1.807) is 6.92 Å². The summed E-state index contributed by atoms with van der Waals surface area (Å²) in [7, 11) is 0. The van der Waals surface area contributed by atoms with Gasteiger partial charge in [0.1, 0.15) is 5.78 Å². The van der Waals surface area contributed by atoms with Crippen LogP contribution in [0.2, 0.25) is 0 Å². The van der Waals surface area contributed by atoms with Crippen LogP contribution >= 0.6 is 0 Å². The number of hydrogen-bond donors (Lipinski definition) is 0. The van der Waals surface area contributed by atoms with Crippen LogP contribution in [0.25, 0.3) is 0 Å². The maximum absolute atomic E-state index is 11.8. The van der Waals surface area contributed by atoms with E-state index in [1.165, 1.54) is 12.8 Å². The molecule has 104 valence electrons. The van der Waals surface area contributed by atoms with Crippen LogP contribution in [0.3, 0.4) is 0 Å². The highest BCUT2D eigenvalue weighted by molar-refractivity contribution is 5.84. The van der Waals surface area contributed by atoms with Gasteiger partial charge >= 0.3 is 5.97 Å². The standard InChI is InChI=1S/C14H25NO3/c1-3-5-10-15(12-6-7-12)11-13(16)8-9-14(17)18-4-2/h12H,3-11H2,1-2H3. The van der Waals surface area contributed by atoms with E-state index in [-0.39, 0.29) is 18.2 Å². The van der Waals surface area contributed by atoms with E-state index in [2.05, 4.69) is 11.8 Å². The molecule has 0 aromatic carbocycles. The predicted molar refractivity (Wildman–Crippen MR) is 70.4 cm³/mol. The van der Waals surface area contributed by atoms with Crippen molar-refractivity contribution in [2.75, 3.05) is 19.7 Å². The predicted octanol–water partition coefficient (Wildman–Crippen LogP) is 2.16. The molecule has 0 atom stereocenters. The van der Waals surface area contributed by atoms with E-state index < -0.39 is 0 Å². The molecule has 0 aromatic heterocycles. The quantitative estimate of drug-likeness (QED) is 0.561. The minimum atomic E-state index is -0.266. The van der Waals surface area contributed by atoms with Gasteiger partial charge in [0.05, 0.1) is 19.6 Å². The average molecular weight is 255 g/mol. The number of nitrogens with zero attached hydrogens (tertiary/aromatic N) is 1. The minimum Gasteiger partial charge on any atom is -0.466 e. The van der Waals surface area contributed by atoms with Crippen molar-refractivity contribution >= 4 is 11.8 Å². The number of carbonyl (C=O) groups is 2. The molecule has 0 saturated heterocycles. The molecular weight excluding hydrogens is 230 g/mol. The fourth-order valence-corrected chi connectivity index (χ4v) is 1.97. The number of esters is 1. The van der Waals surface area contributed by atoms with Gasteiger partial charge in [0.25, 0.3) is 0 Å². The van der Waals surface area contributed by atoms with Crippen LogP contribution < -0.4 is 0 Å². The molecule has 0 N–H and O–H groups in total. The molecule has 1 rings (SSSR count). The lowest BCUT2D eigenvalue weighted by Crippen LogP contribution is -2.33. The number of Topliss-reactive ketones (excluding diaryl/α,β-unsaturated/α-hetero) is 1. The summed E-state index contributed by atoms with van der Waals surface area (Å²) in [4.78, 5) is 25.2. The summed E-state index contributed by atoms with van der Waals surface area (Å²) in [5, 5.41) is 0. The molecule has 0 aliphatic heterocycles. The third-order valence-corrected chi connectivity index (χ3v) is 3.15. The second-order valence-corrected chi connectivity index (χ2v) is 4.90. The zero-order valence-electron chi connectivity index (χ0n) is 11.6. The molecule has 1 aliphatic carbocycles. The second kappa shape index (κ2) is 8.25. The maximum Gasteiger partial charge on any atom is 0.306 e. The van der Waals surface area contributed by atoms with Crippen LogP contribution in [-0.4, -0.2) is 42.4 Å². The van der Waals surface area contributed by atoms with E-state index in [0.717, 1.165) is 19.4 Å². The molecule has 4 heteroatoms. The highest BCUT2D eigenvalue weighted by Crippen LogP contribution is 2.27. The fraction of sp³-hybridized carbons (Fsp3) is 0.857. The Morgan fingerprint density at radius 2 is 1.94 bits per heavy atom. The van der Waals surface area contributed by atoms with Crippen molar-refractivity contribution in [3.63, 3.8) is 0 Å². The lowest BCUT2D eigenvalue weighted by atomic mass is 10.2. The van der Waals surface area contributed by atoms with Gasteiger partial charge < -0.3 is 4.74 Å². The Kier molecular flexibility index (Phi) is 6.94. The Bertz CT molecular complexity index is 274. The molecule has 0 unspecified atom stereocenters. The number of carbonyl (C=O) groups excluding carboxylic acids is 2. The highest BCUT2D eigenvalue weighted by Gasteiger charge is 2.29. The van der Waals surface area contributed by atoms with E-state index in [1.807, 2.05) is 0 Å². The summed E-state index contributed by atoms with van der Waals surface area (Å²) < 4.78 is 4.82. The maximum atomic E-state index is 11.8. The summed E-state index contributed by atoms with van der Waals surface area (Å²) in [5.41, 5.74) is 0. The smallest absolute Gasteiger partial charge is 0.306 e. The first kappa shape index (κ1) is 15.2. The first-order valence-corrected chi connectivity index (χ1v) is 7.08. The van der Waals surface area contributed by atoms with Gasteiger partial charge in [0.2, 0.25) is 0 Å². The Labute approximate surface area is 110 Å². The number of hydrogen-bond acceptors (Lipinski definition) is 4. The van der Waals surface area contributed by atoms with Gasteiger partial charge in [-0.3, -0.25) is 14.5 Å². The van der Waals surface area contributed by atoms with Crippen LogP contribution in [0, 0.1) is 0 Å².